The van der Waals surface area contributed by atoms with Gasteiger partial charge in [-0.3, -0.25) is 4.79 Å². The van der Waals surface area contributed by atoms with Gasteiger partial charge in [0.15, 0.2) is 9.84 Å². The number of hydrogen-bond acceptors (Lipinski definition) is 5. The van der Waals surface area contributed by atoms with Gasteiger partial charge in [0.25, 0.3) is 5.56 Å². The van der Waals surface area contributed by atoms with E-state index in [4.69, 9.17) is 0 Å². The minimum Gasteiger partial charge on any atom is -0.352 e. The molecule has 2 aromatic carbocycles. The molecule has 2 aromatic heterocycles. The summed E-state index contributed by atoms with van der Waals surface area (Å²) in [6.45, 7) is 0.251. The Kier molecular flexibility index (Phi) is 6.03. The summed E-state index contributed by atoms with van der Waals surface area (Å²) in [6.07, 6.45) is 4.67. The van der Waals surface area contributed by atoms with Crippen molar-refractivity contribution in [1.29, 1.82) is 0 Å². The van der Waals surface area contributed by atoms with Gasteiger partial charge in [-0.1, -0.05) is 24.3 Å². The van der Waals surface area contributed by atoms with Gasteiger partial charge < -0.3 is 4.98 Å². The van der Waals surface area contributed by atoms with Crippen LogP contribution in [0.5, 0.6) is 0 Å². The SMILES string of the molecule is CSc1ccc(Cn2ncc(-c3ccc(S(C)(=O)=O)cc3)c(-c3ccc(F)cc3)c2=O)[nH]1. The summed E-state index contributed by atoms with van der Waals surface area (Å²) in [4.78, 5) is 16.9. The molecule has 0 fully saturated rings. The molecule has 0 aliphatic rings. The van der Waals surface area contributed by atoms with Crippen LogP contribution in [0.25, 0.3) is 22.3 Å². The molecule has 32 heavy (non-hydrogen) atoms. The zero-order chi connectivity index (χ0) is 22.9. The Morgan fingerprint density at radius 1 is 1.00 bits per heavy atom. The second kappa shape index (κ2) is 8.76. The van der Waals surface area contributed by atoms with Gasteiger partial charge in [0.1, 0.15) is 5.82 Å². The van der Waals surface area contributed by atoms with Crippen molar-refractivity contribution in [3.8, 4) is 22.3 Å². The third-order valence-electron chi connectivity index (χ3n) is 5.03. The molecule has 0 unspecified atom stereocenters. The Hall–Kier alpha value is -3.17. The van der Waals surface area contributed by atoms with Crippen LogP contribution in [0, 0.1) is 5.82 Å². The average Bonchev–Trinajstić information content (AvgIpc) is 3.23. The number of benzene rings is 2. The minimum atomic E-state index is -3.35. The summed E-state index contributed by atoms with van der Waals surface area (Å²) in [5, 5.41) is 5.33. The molecule has 1 N–H and O–H groups in total. The third kappa shape index (κ3) is 4.53. The van der Waals surface area contributed by atoms with E-state index in [-0.39, 0.29) is 17.0 Å². The molecule has 6 nitrogen and oxygen atoms in total. The number of H-pyrrole nitrogens is 1. The van der Waals surface area contributed by atoms with E-state index in [1.165, 1.54) is 28.9 Å². The van der Waals surface area contributed by atoms with Crippen molar-refractivity contribution in [3.05, 3.63) is 88.7 Å². The maximum Gasteiger partial charge on any atom is 0.275 e. The van der Waals surface area contributed by atoms with Crippen LogP contribution in [0.3, 0.4) is 0 Å². The van der Waals surface area contributed by atoms with Crippen molar-refractivity contribution in [2.75, 3.05) is 12.5 Å². The maximum absolute atomic E-state index is 13.5. The lowest BCUT2D eigenvalue weighted by molar-refractivity contribution is 0.602. The summed E-state index contributed by atoms with van der Waals surface area (Å²) in [5.74, 6) is -0.404. The van der Waals surface area contributed by atoms with Crippen molar-refractivity contribution in [2.24, 2.45) is 0 Å². The largest absolute Gasteiger partial charge is 0.352 e. The Labute approximate surface area is 189 Å². The van der Waals surface area contributed by atoms with Crippen molar-refractivity contribution < 1.29 is 12.8 Å². The van der Waals surface area contributed by atoms with Gasteiger partial charge in [-0.2, -0.15) is 5.10 Å². The van der Waals surface area contributed by atoms with Crippen LogP contribution >= 0.6 is 11.8 Å². The molecular weight excluding hydrogens is 449 g/mol. The zero-order valence-electron chi connectivity index (χ0n) is 17.4. The van der Waals surface area contributed by atoms with E-state index >= 15 is 0 Å². The summed E-state index contributed by atoms with van der Waals surface area (Å²) in [7, 11) is -3.35. The summed E-state index contributed by atoms with van der Waals surface area (Å²) < 4.78 is 38.5. The number of aromatic nitrogens is 3. The van der Waals surface area contributed by atoms with Crippen LogP contribution in [0.4, 0.5) is 4.39 Å². The molecule has 0 atom stereocenters. The van der Waals surface area contributed by atoms with E-state index in [0.717, 1.165) is 17.0 Å². The lowest BCUT2D eigenvalue weighted by Crippen LogP contribution is -2.25. The number of aromatic amines is 1. The van der Waals surface area contributed by atoms with E-state index in [2.05, 4.69) is 10.1 Å². The van der Waals surface area contributed by atoms with Crippen LogP contribution in [-0.4, -0.2) is 35.7 Å². The number of nitrogens with one attached hydrogen (secondary N) is 1. The second-order valence-corrected chi connectivity index (χ2v) is 10.1. The maximum atomic E-state index is 13.5. The summed E-state index contributed by atoms with van der Waals surface area (Å²) >= 11 is 1.57. The molecule has 0 amide bonds. The first-order chi connectivity index (χ1) is 15.3. The monoisotopic (exact) mass is 469 g/mol. The lowest BCUT2D eigenvalue weighted by Gasteiger charge is -2.13. The zero-order valence-corrected chi connectivity index (χ0v) is 19.0. The molecule has 164 valence electrons. The van der Waals surface area contributed by atoms with Gasteiger partial charge in [-0.25, -0.2) is 17.5 Å². The Balaban J connectivity index is 1.85. The van der Waals surface area contributed by atoms with Gasteiger partial charge in [0, 0.05) is 17.5 Å². The van der Waals surface area contributed by atoms with Crippen molar-refractivity contribution in [1.82, 2.24) is 14.8 Å². The number of nitrogens with zero attached hydrogens (tertiary/aromatic N) is 2. The molecule has 0 bridgehead atoms. The molecule has 4 aromatic rings. The molecule has 2 heterocycles. The lowest BCUT2D eigenvalue weighted by atomic mass is 9.97. The number of sulfone groups is 1. The molecular formula is C23H20FN3O3S2. The highest BCUT2D eigenvalue weighted by Gasteiger charge is 2.17. The standard InChI is InChI=1S/C23H20FN3O3S2/c1-31-21-12-9-18(26-21)14-27-23(28)22(16-3-7-17(24)8-4-16)20(13-25-27)15-5-10-19(11-6-15)32(2,29)30/h3-13,26H,14H2,1-2H3. The first kappa shape index (κ1) is 22.0. The fourth-order valence-corrected chi connectivity index (χ4v) is 4.46. The molecule has 0 radical (unpaired) electrons. The second-order valence-electron chi connectivity index (χ2n) is 7.25. The number of rotatable bonds is 6. The predicted molar refractivity (Wildman–Crippen MR) is 124 cm³/mol. The molecule has 9 heteroatoms. The van der Waals surface area contributed by atoms with Gasteiger partial charge in [0.2, 0.25) is 0 Å². The van der Waals surface area contributed by atoms with Crippen LogP contribution < -0.4 is 5.56 Å². The van der Waals surface area contributed by atoms with E-state index in [1.54, 1.807) is 42.2 Å². The highest BCUT2D eigenvalue weighted by molar-refractivity contribution is 7.98. The first-order valence-electron chi connectivity index (χ1n) is 9.64. The van der Waals surface area contributed by atoms with E-state index < -0.39 is 15.7 Å². The molecule has 0 aliphatic heterocycles. The quantitative estimate of drug-likeness (QED) is 0.428. The smallest absolute Gasteiger partial charge is 0.275 e. The minimum absolute atomic E-state index is 0.183. The van der Waals surface area contributed by atoms with Crippen LogP contribution in [0.15, 0.2) is 81.6 Å². The van der Waals surface area contributed by atoms with E-state index in [1.807, 2.05) is 18.4 Å². The summed E-state index contributed by atoms with van der Waals surface area (Å²) in [5.41, 5.74) is 2.59. The molecule has 4 rings (SSSR count). The van der Waals surface area contributed by atoms with E-state index in [9.17, 15) is 17.6 Å². The van der Waals surface area contributed by atoms with Crippen LogP contribution in [0.2, 0.25) is 0 Å². The third-order valence-corrected chi connectivity index (χ3v) is 6.84. The van der Waals surface area contributed by atoms with Gasteiger partial charge in [-0.15, -0.1) is 11.8 Å². The topological polar surface area (TPSA) is 84.8 Å². The number of hydrogen-bond donors (Lipinski definition) is 1. The Morgan fingerprint density at radius 2 is 1.66 bits per heavy atom. The predicted octanol–water partition coefficient (Wildman–Crippen LogP) is 4.22. The highest BCUT2D eigenvalue weighted by atomic mass is 32.2. The summed E-state index contributed by atoms with van der Waals surface area (Å²) in [6, 6.07) is 15.8. The van der Waals surface area contributed by atoms with Gasteiger partial charge in [0.05, 0.1) is 28.2 Å². The number of thioether (sulfide) groups is 1. The van der Waals surface area contributed by atoms with Crippen molar-refractivity contribution in [2.45, 2.75) is 16.5 Å². The molecule has 0 spiro atoms. The number of halogens is 1. The fourth-order valence-electron chi connectivity index (χ4n) is 3.39. The van der Waals surface area contributed by atoms with Crippen molar-refractivity contribution in [3.63, 3.8) is 0 Å². The Morgan fingerprint density at radius 3 is 2.25 bits per heavy atom. The van der Waals surface area contributed by atoms with Crippen molar-refractivity contribution >= 4 is 21.6 Å². The first-order valence-corrected chi connectivity index (χ1v) is 12.8. The van der Waals surface area contributed by atoms with Crippen LogP contribution in [0.1, 0.15) is 5.69 Å². The normalized spacial score (nSPS) is 11.6. The molecule has 0 saturated heterocycles. The highest BCUT2D eigenvalue weighted by Crippen LogP contribution is 2.30. The Bertz CT molecular complexity index is 1420. The average molecular weight is 470 g/mol. The van der Waals surface area contributed by atoms with Gasteiger partial charge >= 0.3 is 0 Å². The van der Waals surface area contributed by atoms with Gasteiger partial charge in [-0.05, 0) is 53.8 Å². The fraction of sp³-hybridized carbons (Fsp3) is 0.130. The molecule has 0 saturated carbocycles. The van der Waals surface area contributed by atoms with Crippen LogP contribution in [-0.2, 0) is 16.4 Å². The molecule has 0 aliphatic carbocycles. The van der Waals surface area contributed by atoms with E-state index in [0.29, 0.717) is 22.3 Å².